The molecule has 2 aromatic heterocycles. The molecule has 1 N–H and O–H groups in total. The Hall–Kier alpha value is -2.75. The Labute approximate surface area is 144 Å². The summed E-state index contributed by atoms with van der Waals surface area (Å²) in [6.45, 7) is 3.49. The number of amides is 1. The number of rotatable bonds is 3. The van der Waals surface area contributed by atoms with Crippen molar-refractivity contribution in [2.45, 2.75) is 20.0 Å². The monoisotopic (exact) mass is 367 g/mol. The Morgan fingerprint density at radius 1 is 1.20 bits per heavy atom. The standard InChI is InChI=1S/C15H12F3N5OS/c1-8-19-9(2)23(22-8)12-6-4-3-5-10(12)20-13(24)11-7-25-14(21-11)15(16,17)18/h3-7H,1-2H3,(H,20,24). The van der Waals surface area contributed by atoms with Gasteiger partial charge in [0.2, 0.25) is 0 Å². The van der Waals surface area contributed by atoms with Crippen molar-refractivity contribution < 1.29 is 18.0 Å². The molecule has 130 valence electrons. The molecule has 0 spiro atoms. The van der Waals surface area contributed by atoms with Gasteiger partial charge in [0, 0.05) is 5.38 Å². The van der Waals surface area contributed by atoms with Crippen molar-refractivity contribution in [3.8, 4) is 5.69 Å². The van der Waals surface area contributed by atoms with Crippen LogP contribution in [0.3, 0.4) is 0 Å². The smallest absolute Gasteiger partial charge is 0.319 e. The number of hydrogen-bond acceptors (Lipinski definition) is 5. The SMILES string of the molecule is Cc1nc(C)n(-c2ccccc2NC(=O)c2csc(C(F)(F)F)n2)n1. The van der Waals surface area contributed by atoms with Gasteiger partial charge in [0.05, 0.1) is 11.4 Å². The molecular weight excluding hydrogens is 355 g/mol. The summed E-state index contributed by atoms with van der Waals surface area (Å²) in [6, 6.07) is 6.80. The number of thiazole rings is 1. The number of benzene rings is 1. The zero-order valence-corrected chi connectivity index (χ0v) is 13.9. The third kappa shape index (κ3) is 3.53. The molecule has 0 aliphatic heterocycles. The topological polar surface area (TPSA) is 72.7 Å². The first-order valence-corrected chi connectivity index (χ1v) is 7.97. The number of hydrogen-bond donors (Lipinski definition) is 1. The number of alkyl halides is 3. The van der Waals surface area contributed by atoms with Gasteiger partial charge in [-0.3, -0.25) is 4.79 Å². The molecule has 10 heteroatoms. The summed E-state index contributed by atoms with van der Waals surface area (Å²) in [5.41, 5.74) is 0.654. The minimum atomic E-state index is -4.57. The summed E-state index contributed by atoms with van der Waals surface area (Å²) in [7, 11) is 0. The molecule has 0 atom stereocenters. The molecular formula is C15H12F3N5OS. The van der Waals surface area contributed by atoms with Crippen molar-refractivity contribution in [1.82, 2.24) is 19.7 Å². The predicted molar refractivity (Wildman–Crippen MR) is 85.9 cm³/mol. The number of carbonyl (C=O) groups excluding carboxylic acids is 1. The fourth-order valence-corrected chi connectivity index (χ4v) is 2.88. The molecule has 25 heavy (non-hydrogen) atoms. The third-order valence-electron chi connectivity index (χ3n) is 3.23. The second kappa shape index (κ2) is 6.28. The average molecular weight is 367 g/mol. The van der Waals surface area contributed by atoms with Gasteiger partial charge in [0.25, 0.3) is 5.91 Å². The molecule has 3 aromatic rings. The van der Waals surface area contributed by atoms with E-state index in [9.17, 15) is 18.0 Å². The predicted octanol–water partition coefficient (Wildman–Crippen LogP) is 3.61. The second-order valence-electron chi connectivity index (χ2n) is 5.12. The Morgan fingerprint density at radius 2 is 1.92 bits per heavy atom. The Kier molecular flexibility index (Phi) is 4.29. The van der Waals surface area contributed by atoms with Crippen molar-refractivity contribution in [3.05, 3.63) is 52.0 Å². The molecule has 0 bridgehead atoms. The van der Waals surface area contributed by atoms with Gasteiger partial charge in [0.1, 0.15) is 17.3 Å². The molecule has 0 aliphatic carbocycles. The number of para-hydroxylation sites is 2. The number of anilines is 1. The molecule has 0 radical (unpaired) electrons. The zero-order chi connectivity index (χ0) is 18.2. The molecule has 0 unspecified atom stereocenters. The summed E-state index contributed by atoms with van der Waals surface area (Å²) < 4.78 is 39.4. The van der Waals surface area contributed by atoms with Crippen molar-refractivity contribution in [2.24, 2.45) is 0 Å². The van der Waals surface area contributed by atoms with Crippen LogP contribution in [0.1, 0.15) is 27.1 Å². The van der Waals surface area contributed by atoms with E-state index in [1.807, 2.05) is 0 Å². The first-order chi connectivity index (χ1) is 11.8. The minimum Gasteiger partial charge on any atom is -0.319 e. The largest absolute Gasteiger partial charge is 0.443 e. The summed E-state index contributed by atoms with van der Waals surface area (Å²) >= 11 is 0.377. The highest BCUT2D eigenvalue weighted by Crippen LogP contribution is 2.32. The average Bonchev–Trinajstić information content (AvgIpc) is 3.14. The first kappa shape index (κ1) is 17.1. The maximum Gasteiger partial charge on any atom is 0.443 e. The van der Waals surface area contributed by atoms with Crippen LogP contribution >= 0.6 is 11.3 Å². The molecule has 0 aliphatic rings. The van der Waals surface area contributed by atoms with E-state index in [2.05, 4.69) is 20.4 Å². The van der Waals surface area contributed by atoms with Crippen molar-refractivity contribution in [2.75, 3.05) is 5.32 Å². The molecule has 1 amide bonds. The van der Waals surface area contributed by atoms with E-state index in [0.29, 0.717) is 34.4 Å². The van der Waals surface area contributed by atoms with E-state index in [4.69, 9.17) is 0 Å². The van der Waals surface area contributed by atoms with Crippen LogP contribution in [0.25, 0.3) is 5.69 Å². The number of nitrogens with one attached hydrogen (secondary N) is 1. The number of nitrogens with zero attached hydrogens (tertiary/aromatic N) is 4. The summed E-state index contributed by atoms with van der Waals surface area (Å²) in [5.74, 6) is 0.453. The summed E-state index contributed by atoms with van der Waals surface area (Å²) in [5, 5.41) is 6.84. The Balaban J connectivity index is 1.90. The highest BCUT2D eigenvalue weighted by Gasteiger charge is 2.35. The lowest BCUT2D eigenvalue weighted by molar-refractivity contribution is -0.137. The molecule has 0 fully saturated rings. The maximum atomic E-state index is 12.6. The first-order valence-electron chi connectivity index (χ1n) is 7.09. The van der Waals surface area contributed by atoms with Crippen LogP contribution in [0, 0.1) is 13.8 Å². The third-order valence-corrected chi connectivity index (χ3v) is 4.12. The fraction of sp³-hybridized carbons (Fsp3) is 0.200. The van der Waals surface area contributed by atoms with Gasteiger partial charge in [-0.2, -0.15) is 18.3 Å². The number of aryl methyl sites for hydroxylation is 2. The van der Waals surface area contributed by atoms with Crippen LogP contribution in [0.4, 0.5) is 18.9 Å². The van der Waals surface area contributed by atoms with Gasteiger partial charge in [-0.15, -0.1) is 11.3 Å². The van der Waals surface area contributed by atoms with E-state index >= 15 is 0 Å². The Bertz CT molecular complexity index is 931. The fourth-order valence-electron chi connectivity index (χ4n) is 2.21. The number of aromatic nitrogens is 4. The van der Waals surface area contributed by atoms with E-state index in [1.165, 1.54) is 0 Å². The quantitative estimate of drug-likeness (QED) is 0.768. The Morgan fingerprint density at radius 3 is 2.52 bits per heavy atom. The van der Waals surface area contributed by atoms with Crippen LogP contribution in [0.15, 0.2) is 29.6 Å². The van der Waals surface area contributed by atoms with Crippen LogP contribution in [-0.2, 0) is 6.18 Å². The lowest BCUT2D eigenvalue weighted by Crippen LogP contribution is -2.15. The lowest BCUT2D eigenvalue weighted by Gasteiger charge is -2.11. The van der Waals surface area contributed by atoms with E-state index in [-0.39, 0.29) is 5.69 Å². The van der Waals surface area contributed by atoms with Gasteiger partial charge in [-0.05, 0) is 26.0 Å². The molecule has 3 rings (SSSR count). The summed E-state index contributed by atoms with van der Waals surface area (Å²) in [4.78, 5) is 19.8. The van der Waals surface area contributed by atoms with Crippen molar-refractivity contribution in [1.29, 1.82) is 0 Å². The van der Waals surface area contributed by atoms with Crippen molar-refractivity contribution in [3.63, 3.8) is 0 Å². The molecule has 0 saturated heterocycles. The van der Waals surface area contributed by atoms with Crippen LogP contribution < -0.4 is 5.32 Å². The van der Waals surface area contributed by atoms with Crippen LogP contribution in [0.5, 0.6) is 0 Å². The summed E-state index contributed by atoms with van der Waals surface area (Å²) in [6.07, 6.45) is -4.57. The number of halogens is 3. The second-order valence-corrected chi connectivity index (χ2v) is 5.98. The number of carbonyl (C=O) groups is 1. The molecule has 1 aromatic carbocycles. The van der Waals surface area contributed by atoms with E-state index in [0.717, 1.165) is 5.38 Å². The maximum absolute atomic E-state index is 12.6. The molecule has 2 heterocycles. The van der Waals surface area contributed by atoms with Gasteiger partial charge >= 0.3 is 6.18 Å². The highest BCUT2D eigenvalue weighted by molar-refractivity contribution is 7.10. The molecule has 6 nitrogen and oxygen atoms in total. The molecule has 0 saturated carbocycles. The van der Waals surface area contributed by atoms with Gasteiger partial charge < -0.3 is 5.32 Å². The normalized spacial score (nSPS) is 11.6. The van der Waals surface area contributed by atoms with E-state index < -0.39 is 17.1 Å². The van der Waals surface area contributed by atoms with Crippen LogP contribution in [0.2, 0.25) is 0 Å². The highest BCUT2D eigenvalue weighted by atomic mass is 32.1. The lowest BCUT2D eigenvalue weighted by atomic mass is 10.2. The zero-order valence-electron chi connectivity index (χ0n) is 13.1. The van der Waals surface area contributed by atoms with Crippen LogP contribution in [-0.4, -0.2) is 25.7 Å². The van der Waals surface area contributed by atoms with Gasteiger partial charge in [-0.25, -0.2) is 14.6 Å². The van der Waals surface area contributed by atoms with E-state index in [1.54, 1.807) is 42.8 Å². The minimum absolute atomic E-state index is 0.293. The van der Waals surface area contributed by atoms with Gasteiger partial charge in [-0.1, -0.05) is 12.1 Å². The van der Waals surface area contributed by atoms with Crippen molar-refractivity contribution >= 4 is 22.9 Å². The van der Waals surface area contributed by atoms with Gasteiger partial charge in [0.15, 0.2) is 5.01 Å².